The van der Waals surface area contributed by atoms with Gasteiger partial charge in [-0.2, -0.15) is 5.10 Å². The zero-order valence-corrected chi connectivity index (χ0v) is 21.6. The molecule has 0 aliphatic carbocycles. The maximum atomic E-state index is 13.6. The van der Waals surface area contributed by atoms with Gasteiger partial charge in [-0.05, 0) is 36.5 Å². The summed E-state index contributed by atoms with van der Waals surface area (Å²) in [5.74, 6) is -0.651. The normalized spacial score (nSPS) is 20.3. The molecule has 2 atom stereocenters. The molecule has 37 heavy (non-hydrogen) atoms. The van der Waals surface area contributed by atoms with Crippen LogP contribution in [0.4, 0.5) is 4.79 Å². The summed E-state index contributed by atoms with van der Waals surface area (Å²) in [6, 6.07) is 14.9. The van der Waals surface area contributed by atoms with E-state index in [1.807, 2.05) is 30.3 Å². The van der Waals surface area contributed by atoms with Crippen molar-refractivity contribution in [2.45, 2.75) is 36.6 Å². The lowest BCUT2D eigenvalue weighted by Gasteiger charge is -2.40. The number of nitrogens with one attached hydrogen (secondary N) is 1. The van der Waals surface area contributed by atoms with Gasteiger partial charge in [-0.15, -0.1) is 0 Å². The van der Waals surface area contributed by atoms with Crippen LogP contribution in [-0.2, 0) is 32.3 Å². The molecular formula is C26H30N4O6S. The minimum absolute atomic E-state index is 0.0641. The fourth-order valence-corrected chi connectivity index (χ4v) is 6.19. The second-order valence-corrected chi connectivity index (χ2v) is 11.5. The number of rotatable bonds is 8. The molecular weight excluding hydrogens is 496 g/mol. The SMILES string of the molecule is CN1N=C2CCN(C(=O)C(CCc3ccccc3S(C)(=O)=O)NC(=O)O)CC2(Cc2ccccc2)C1=O. The predicted octanol–water partition coefficient (Wildman–Crippen LogP) is 1.95. The Balaban J connectivity index is 1.58. The van der Waals surface area contributed by atoms with E-state index in [0.717, 1.165) is 17.5 Å². The number of benzene rings is 2. The zero-order chi connectivity index (χ0) is 26.8. The van der Waals surface area contributed by atoms with Crippen molar-refractivity contribution in [3.8, 4) is 0 Å². The summed E-state index contributed by atoms with van der Waals surface area (Å²) >= 11 is 0. The molecule has 2 aromatic carbocycles. The van der Waals surface area contributed by atoms with Gasteiger partial charge in [-0.25, -0.2) is 18.2 Å². The topological polar surface area (TPSA) is 136 Å². The lowest BCUT2D eigenvalue weighted by atomic mass is 9.73. The van der Waals surface area contributed by atoms with E-state index in [2.05, 4.69) is 10.4 Å². The van der Waals surface area contributed by atoms with Crippen LogP contribution in [0.2, 0.25) is 0 Å². The number of hydrogen-bond donors (Lipinski definition) is 2. The van der Waals surface area contributed by atoms with E-state index >= 15 is 0 Å². The highest BCUT2D eigenvalue weighted by Crippen LogP contribution is 2.38. The van der Waals surface area contributed by atoms with Gasteiger partial charge in [0.05, 0.1) is 10.6 Å². The van der Waals surface area contributed by atoms with Crippen molar-refractivity contribution in [2.24, 2.45) is 10.5 Å². The van der Waals surface area contributed by atoms with Crippen LogP contribution in [0.25, 0.3) is 0 Å². The number of likely N-dealkylation sites (tertiary alicyclic amines) is 1. The molecule has 2 heterocycles. The molecule has 0 saturated carbocycles. The number of hydrazone groups is 1. The molecule has 2 aromatic rings. The first kappa shape index (κ1) is 26.3. The average molecular weight is 527 g/mol. The lowest BCUT2D eigenvalue weighted by Crippen LogP contribution is -2.58. The monoisotopic (exact) mass is 526 g/mol. The summed E-state index contributed by atoms with van der Waals surface area (Å²) in [6.45, 7) is 0.382. The Bertz CT molecular complexity index is 1340. The van der Waals surface area contributed by atoms with Crippen molar-refractivity contribution >= 4 is 33.5 Å². The average Bonchev–Trinajstić information content (AvgIpc) is 3.10. The highest BCUT2D eigenvalue weighted by Gasteiger charge is 2.53. The number of nitrogens with zero attached hydrogens (tertiary/aromatic N) is 3. The van der Waals surface area contributed by atoms with Crippen LogP contribution in [0.15, 0.2) is 64.6 Å². The minimum Gasteiger partial charge on any atom is -0.465 e. The largest absolute Gasteiger partial charge is 0.465 e. The van der Waals surface area contributed by atoms with Gasteiger partial charge in [0, 0.05) is 32.8 Å². The smallest absolute Gasteiger partial charge is 0.405 e. The van der Waals surface area contributed by atoms with Crippen LogP contribution in [0, 0.1) is 5.41 Å². The van der Waals surface area contributed by atoms with E-state index in [0.29, 0.717) is 24.9 Å². The van der Waals surface area contributed by atoms with Gasteiger partial charge in [0.2, 0.25) is 5.91 Å². The molecule has 1 fully saturated rings. The van der Waals surface area contributed by atoms with Crippen molar-refractivity contribution in [1.82, 2.24) is 15.2 Å². The van der Waals surface area contributed by atoms with Crippen molar-refractivity contribution in [1.29, 1.82) is 0 Å². The Morgan fingerprint density at radius 3 is 2.49 bits per heavy atom. The van der Waals surface area contributed by atoms with Crippen LogP contribution in [-0.4, -0.2) is 79.5 Å². The Kier molecular flexibility index (Phi) is 7.35. The number of sulfone groups is 1. The molecule has 2 unspecified atom stereocenters. The van der Waals surface area contributed by atoms with Crippen LogP contribution in [0.1, 0.15) is 24.0 Å². The third-order valence-corrected chi connectivity index (χ3v) is 8.13. The number of amides is 3. The summed E-state index contributed by atoms with van der Waals surface area (Å²) in [6.07, 6.45) is 0.763. The standard InChI is InChI=1S/C26H30N4O6S/c1-29-24(32)26(16-18-8-4-3-5-9-18)17-30(15-14-22(26)28-29)23(31)20(27-25(33)34)13-12-19-10-6-7-11-21(19)37(2,35)36/h3-11,20,27H,12-17H2,1-2H3,(H,33,34). The summed E-state index contributed by atoms with van der Waals surface area (Å²) in [5.41, 5.74) is 1.15. The second-order valence-electron chi connectivity index (χ2n) is 9.55. The van der Waals surface area contributed by atoms with Crippen LogP contribution < -0.4 is 5.32 Å². The first-order valence-electron chi connectivity index (χ1n) is 12.0. The lowest BCUT2D eigenvalue weighted by molar-refractivity contribution is -0.140. The van der Waals surface area contributed by atoms with E-state index in [4.69, 9.17) is 0 Å². The molecule has 10 nitrogen and oxygen atoms in total. The molecule has 2 aliphatic rings. The molecule has 1 saturated heterocycles. The summed E-state index contributed by atoms with van der Waals surface area (Å²) in [5, 5.41) is 17.5. The van der Waals surface area contributed by atoms with Gasteiger partial charge in [-0.3, -0.25) is 9.59 Å². The van der Waals surface area contributed by atoms with E-state index in [9.17, 15) is 27.9 Å². The maximum absolute atomic E-state index is 13.6. The summed E-state index contributed by atoms with van der Waals surface area (Å²) in [4.78, 5) is 40.2. The van der Waals surface area contributed by atoms with Gasteiger partial charge in [0.1, 0.15) is 11.5 Å². The van der Waals surface area contributed by atoms with Gasteiger partial charge in [-0.1, -0.05) is 48.5 Å². The third kappa shape index (κ3) is 5.51. The van der Waals surface area contributed by atoms with Gasteiger partial charge in [0.25, 0.3) is 5.91 Å². The number of carboxylic acid groups (broad SMARTS) is 1. The van der Waals surface area contributed by atoms with Gasteiger partial charge < -0.3 is 15.3 Å². The molecule has 3 amide bonds. The van der Waals surface area contributed by atoms with E-state index in [1.165, 1.54) is 16.0 Å². The fraction of sp³-hybridized carbons (Fsp3) is 0.385. The maximum Gasteiger partial charge on any atom is 0.405 e. The van der Waals surface area contributed by atoms with Crippen LogP contribution >= 0.6 is 0 Å². The van der Waals surface area contributed by atoms with Crippen molar-refractivity contribution in [3.63, 3.8) is 0 Å². The first-order valence-corrected chi connectivity index (χ1v) is 13.9. The summed E-state index contributed by atoms with van der Waals surface area (Å²) < 4.78 is 24.3. The molecule has 4 rings (SSSR count). The predicted molar refractivity (Wildman–Crippen MR) is 137 cm³/mol. The highest BCUT2D eigenvalue weighted by molar-refractivity contribution is 7.90. The molecule has 196 valence electrons. The van der Waals surface area contributed by atoms with E-state index < -0.39 is 33.3 Å². The molecule has 0 spiro atoms. The Morgan fingerprint density at radius 1 is 1.14 bits per heavy atom. The third-order valence-electron chi connectivity index (χ3n) is 6.94. The van der Waals surface area contributed by atoms with Gasteiger partial charge in [0.15, 0.2) is 9.84 Å². The number of carbonyl (C=O) groups is 3. The first-order chi connectivity index (χ1) is 17.5. The molecule has 2 aliphatic heterocycles. The number of aryl methyl sites for hydroxylation is 1. The minimum atomic E-state index is -3.49. The highest BCUT2D eigenvalue weighted by atomic mass is 32.2. The van der Waals surface area contributed by atoms with Crippen molar-refractivity contribution in [3.05, 3.63) is 65.7 Å². The second kappa shape index (κ2) is 10.3. The molecule has 2 N–H and O–H groups in total. The Morgan fingerprint density at radius 2 is 1.81 bits per heavy atom. The fourth-order valence-electron chi connectivity index (χ4n) is 5.21. The van der Waals surface area contributed by atoms with E-state index in [1.54, 1.807) is 25.2 Å². The zero-order valence-electron chi connectivity index (χ0n) is 20.8. The van der Waals surface area contributed by atoms with Gasteiger partial charge >= 0.3 is 6.09 Å². The summed E-state index contributed by atoms with van der Waals surface area (Å²) in [7, 11) is -1.89. The van der Waals surface area contributed by atoms with Crippen LogP contribution in [0.5, 0.6) is 0 Å². The molecule has 0 bridgehead atoms. The molecule has 0 aromatic heterocycles. The number of hydrogen-bond acceptors (Lipinski definition) is 6. The number of piperidine rings is 1. The van der Waals surface area contributed by atoms with Crippen LogP contribution in [0.3, 0.4) is 0 Å². The number of fused-ring (bicyclic) bond motifs is 1. The van der Waals surface area contributed by atoms with Crippen molar-refractivity contribution < 1.29 is 27.9 Å². The van der Waals surface area contributed by atoms with E-state index in [-0.39, 0.29) is 30.2 Å². The number of carbonyl (C=O) groups excluding carboxylic acids is 2. The Labute approximate surface area is 215 Å². The van der Waals surface area contributed by atoms with Crippen molar-refractivity contribution in [2.75, 3.05) is 26.4 Å². The quantitative estimate of drug-likeness (QED) is 0.540. The molecule has 0 radical (unpaired) electrons. The molecule has 11 heteroatoms. The Hall–Kier alpha value is -3.73.